The molecule has 2 heterocycles. The second kappa shape index (κ2) is 9.16. The van der Waals surface area contributed by atoms with Crippen molar-refractivity contribution in [3.63, 3.8) is 0 Å². The van der Waals surface area contributed by atoms with Crippen molar-refractivity contribution >= 4 is 36.9 Å². The molecule has 0 N–H and O–H groups in total. The maximum absolute atomic E-state index is 13.0. The van der Waals surface area contributed by atoms with Crippen molar-refractivity contribution in [2.45, 2.75) is 23.9 Å². The van der Waals surface area contributed by atoms with Gasteiger partial charge in [0.2, 0.25) is 0 Å². The molecule has 6 heteroatoms. The van der Waals surface area contributed by atoms with Gasteiger partial charge in [-0.15, -0.1) is 0 Å². The van der Waals surface area contributed by atoms with E-state index in [0.717, 1.165) is 0 Å². The van der Waals surface area contributed by atoms with E-state index >= 15 is 0 Å². The maximum atomic E-state index is 13.0. The van der Waals surface area contributed by atoms with E-state index < -0.39 is 18.2 Å². The standard InChI is InChI=1S/C24H20O5Se/c1-16(30-18-11-6-3-7-12-18)22-23(29-24(26)17-9-4-2-5-10-17)19(25)15-21(28-22)20-13-8-14-27-20/h2-16,22-23H,1H3/t16-,22?,23+/m0/s1. The van der Waals surface area contributed by atoms with Gasteiger partial charge in [0.05, 0.1) is 0 Å². The van der Waals surface area contributed by atoms with Crippen LogP contribution in [0.25, 0.3) is 5.76 Å². The summed E-state index contributed by atoms with van der Waals surface area (Å²) >= 11 is 0.00915. The van der Waals surface area contributed by atoms with Gasteiger partial charge < -0.3 is 0 Å². The first-order valence-electron chi connectivity index (χ1n) is 9.55. The molecule has 0 bridgehead atoms. The average Bonchev–Trinajstić information content (AvgIpc) is 3.31. The third-order valence-corrected chi connectivity index (χ3v) is 7.14. The summed E-state index contributed by atoms with van der Waals surface area (Å²) in [6.07, 6.45) is 1.24. The van der Waals surface area contributed by atoms with Gasteiger partial charge in [0.1, 0.15) is 0 Å². The van der Waals surface area contributed by atoms with E-state index in [1.807, 2.05) is 31.2 Å². The molecule has 0 amide bonds. The zero-order valence-corrected chi connectivity index (χ0v) is 18.0. The molecule has 1 aliphatic heterocycles. The molecule has 3 atom stereocenters. The summed E-state index contributed by atoms with van der Waals surface area (Å²) in [6, 6.07) is 22.1. The van der Waals surface area contributed by atoms with Crippen molar-refractivity contribution in [2.24, 2.45) is 0 Å². The number of furan rings is 1. The summed E-state index contributed by atoms with van der Waals surface area (Å²) in [4.78, 5) is 25.6. The third kappa shape index (κ3) is 4.56. The van der Waals surface area contributed by atoms with Crippen LogP contribution < -0.4 is 4.46 Å². The van der Waals surface area contributed by atoms with Crippen LogP contribution in [-0.4, -0.2) is 38.9 Å². The van der Waals surface area contributed by atoms with E-state index in [4.69, 9.17) is 13.9 Å². The zero-order valence-electron chi connectivity index (χ0n) is 16.3. The van der Waals surface area contributed by atoms with Crippen LogP contribution in [0.1, 0.15) is 23.0 Å². The van der Waals surface area contributed by atoms with Crippen molar-refractivity contribution in [1.82, 2.24) is 0 Å². The fourth-order valence-corrected chi connectivity index (χ4v) is 5.43. The molecule has 4 rings (SSSR count). The van der Waals surface area contributed by atoms with Crippen molar-refractivity contribution in [1.29, 1.82) is 0 Å². The molecular weight excluding hydrogens is 447 g/mol. The molecule has 1 aliphatic rings. The number of benzene rings is 2. The van der Waals surface area contributed by atoms with Crippen molar-refractivity contribution in [3.8, 4) is 0 Å². The van der Waals surface area contributed by atoms with Crippen LogP contribution >= 0.6 is 0 Å². The normalized spacial score (nSPS) is 19.5. The summed E-state index contributed by atoms with van der Waals surface area (Å²) in [5.41, 5.74) is 0.395. The minimum atomic E-state index is -1.02. The summed E-state index contributed by atoms with van der Waals surface area (Å²) < 4.78 is 18.4. The molecule has 1 aromatic heterocycles. The monoisotopic (exact) mass is 468 g/mol. The quantitative estimate of drug-likeness (QED) is 0.409. The second-order valence-corrected chi connectivity index (χ2v) is 9.84. The molecule has 1 unspecified atom stereocenters. The summed E-state index contributed by atoms with van der Waals surface area (Å²) in [5, 5.41) is 0. The van der Waals surface area contributed by atoms with Crippen molar-refractivity contribution in [2.75, 3.05) is 0 Å². The SMILES string of the molecule is C[C@H]([Se]c1ccccc1)C1OC(c2ccco2)=CC(=O)[C@H]1OC(=O)c1ccccc1. The van der Waals surface area contributed by atoms with Crippen LogP contribution in [-0.2, 0) is 14.3 Å². The number of ketones is 1. The molecule has 0 saturated carbocycles. The van der Waals surface area contributed by atoms with Crippen LogP contribution in [0, 0.1) is 0 Å². The van der Waals surface area contributed by atoms with E-state index in [0.29, 0.717) is 17.1 Å². The van der Waals surface area contributed by atoms with Gasteiger partial charge in [-0.05, 0) is 0 Å². The van der Waals surface area contributed by atoms with E-state index in [9.17, 15) is 9.59 Å². The van der Waals surface area contributed by atoms with Gasteiger partial charge in [0, 0.05) is 0 Å². The topological polar surface area (TPSA) is 65.7 Å². The molecule has 0 fully saturated rings. The Hall–Kier alpha value is -3.08. The number of hydrogen-bond donors (Lipinski definition) is 0. The number of hydrogen-bond acceptors (Lipinski definition) is 5. The molecule has 0 aliphatic carbocycles. The number of esters is 1. The van der Waals surface area contributed by atoms with Gasteiger partial charge >= 0.3 is 181 Å². The Bertz CT molecular complexity index is 1030. The predicted octanol–water partition coefficient (Wildman–Crippen LogP) is 3.65. The second-order valence-electron chi connectivity index (χ2n) is 6.80. The van der Waals surface area contributed by atoms with E-state index in [2.05, 4.69) is 12.1 Å². The van der Waals surface area contributed by atoms with Crippen LogP contribution in [0.3, 0.4) is 0 Å². The minimum absolute atomic E-state index is 0.00915. The molecule has 152 valence electrons. The van der Waals surface area contributed by atoms with Gasteiger partial charge in [0.15, 0.2) is 0 Å². The first-order valence-corrected chi connectivity index (χ1v) is 11.4. The van der Waals surface area contributed by atoms with Gasteiger partial charge in [-0.3, -0.25) is 0 Å². The molecule has 30 heavy (non-hydrogen) atoms. The van der Waals surface area contributed by atoms with E-state index in [1.54, 1.807) is 36.4 Å². The Balaban J connectivity index is 1.60. The molecule has 3 aromatic rings. The molecule has 0 radical (unpaired) electrons. The van der Waals surface area contributed by atoms with Gasteiger partial charge in [0.25, 0.3) is 0 Å². The van der Waals surface area contributed by atoms with Gasteiger partial charge in [-0.25, -0.2) is 0 Å². The Morgan fingerprint density at radius 3 is 2.37 bits per heavy atom. The number of ether oxygens (including phenoxy) is 2. The molecule has 2 aromatic carbocycles. The van der Waals surface area contributed by atoms with Gasteiger partial charge in [-0.1, -0.05) is 0 Å². The Morgan fingerprint density at radius 1 is 1.00 bits per heavy atom. The summed E-state index contributed by atoms with van der Waals surface area (Å²) in [7, 11) is 0. The third-order valence-electron chi connectivity index (χ3n) is 4.65. The van der Waals surface area contributed by atoms with Crippen LogP contribution in [0.15, 0.2) is 89.6 Å². The molecule has 5 nitrogen and oxygen atoms in total. The van der Waals surface area contributed by atoms with Crippen molar-refractivity contribution in [3.05, 3.63) is 96.5 Å². The summed E-state index contributed by atoms with van der Waals surface area (Å²) in [5.74, 6) is -0.0206. The number of carbonyl (C=O) groups excluding carboxylic acids is 2. The molecule has 0 spiro atoms. The Labute approximate surface area is 180 Å². The average molecular weight is 467 g/mol. The number of rotatable bonds is 6. The van der Waals surface area contributed by atoms with Crippen LogP contribution in [0.5, 0.6) is 0 Å². The van der Waals surface area contributed by atoms with E-state index in [-0.39, 0.29) is 25.6 Å². The van der Waals surface area contributed by atoms with Crippen LogP contribution in [0.4, 0.5) is 0 Å². The first-order chi connectivity index (χ1) is 14.6. The summed E-state index contributed by atoms with van der Waals surface area (Å²) in [6.45, 7) is 2.01. The predicted molar refractivity (Wildman–Crippen MR) is 113 cm³/mol. The van der Waals surface area contributed by atoms with E-state index in [1.165, 1.54) is 16.8 Å². The van der Waals surface area contributed by atoms with Gasteiger partial charge in [-0.2, -0.15) is 0 Å². The van der Waals surface area contributed by atoms with Crippen LogP contribution in [0.2, 0.25) is 4.82 Å². The first kappa shape index (κ1) is 20.2. The fourth-order valence-electron chi connectivity index (χ4n) is 3.17. The molecular formula is C24H20O5Se. The fraction of sp³-hybridized carbons (Fsp3) is 0.167. The number of carbonyl (C=O) groups is 2. The molecule has 0 saturated heterocycles. The Kier molecular flexibility index (Phi) is 6.17. The Morgan fingerprint density at radius 2 is 1.70 bits per heavy atom. The zero-order chi connectivity index (χ0) is 20.9. The van der Waals surface area contributed by atoms with Crippen molar-refractivity contribution < 1.29 is 23.5 Å².